The van der Waals surface area contributed by atoms with E-state index >= 15 is 0 Å². The highest BCUT2D eigenvalue weighted by atomic mass is 32.2. The van der Waals surface area contributed by atoms with Crippen molar-refractivity contribution in [1.82, 2.24) is 4.98 Å². The number of carbonyl (C=O) groups is 1. The quantitative estimate of drug-likeness (QED) is 0.585. The van der Waals surface area contributed by atoms with Crippen molar-refractivity contribution < 1.29 is 13.4 Å². The summed E-state index contributed by atoms with van der Waals surface area (Å²) in [7, 11) is -1.32. The topological polar surface area (TPSA) is 60.2 Å². The number of benzene rings is 2. The summed E-state index contributed by atoms with van der Waals surface area (Å²) in [4.78, 5) is 16.9. The number of aryl methyl sites for hydroxylation is 4. The highest BCUT2D eigenvalue weighted by Crippen LogP contribution is 2.23. The minimum atomic E-state index is -1.32. The second-order valence-corrected chi connectivity index (χ2v) is 8.66. The smallest absolute Gasteiger partial charge is 0.226 e. The molecule has 0 saturated heterocycles. The van der Waals surface area contributed by atoms with Gasteiger partial charge in [-0.05, 0) is 56.5 Å². The lowest BCUT2D eigenvalue weighted by molar-refractivity contribution is -0.116. The lowest BCUT2D eigenvalue weighted by Crippen LogP contribution is -2.16. The summed E-state index contributed by atoms with van der Waals surface area (Å²) in [5, 5.41) is 0. The van der Waals surface area contributed by atoms with E-state index in [1.807, 2.05) is 70.2 Å². The second kappa shape index (κ2) is 8.65. The predicted molar refractivity (Wildman–Crippen MR) is 113 cm³/mol. The first-order valence-corrected chi connectivity index (χ1v) is 10.8. The average Bonchev–Trinajstić information content (AvgIpc) is 2.99. The summed E-state index contributed by atoms with van der Waals surface area (Å²) in [6.07, 6.45) is 0.316. The normalized spacial score (nSPS) is 12.1. The fourth-order valence-electron chi connectivity index (χ4n) is 3.14. The molecule has 0 bridgehead atoms. The molecule has 0 spiro atoms. The van der Waals surface area contributed by atoms with Gasteiger partial charge in [0.15, 0.2) is 0 Å². The van der Waals surface area contributed by atoms with Crippen molar-refractivity contribution in [2.45, 2.75) is 39.9 Å². The molecule has 2 aromatic carbocycles. The van der Waals surface area contributed by atoms with Gasteiger partial charge in [-0.25, -0.2) is 4.98 Å². The van der Waals surface area contributed by atoms with Crippen LogP contribution in [0.4, 0.5) is 0 Å². The third-order valence-corrected chi connectivity index (χ3v) is 6.07. The van der Waals surface area contributed by atoms with Gasteiger partial charge in [-0.15, -0.1) is 0 Å². The van der Waals surface area contributed by atoms with Crippen LogP contribution in [0.3, 0.4) is 0 Å². The van der Waals surface area contributed by atoms with Crippen molar-refractivity contribution in [3.05, 3.63) is 76.2 Å². The molecule has 0 fully saturated rings. The van der Waals surface area contributed by atoms with Crippen LogP contribution in [-0.4, -0.2) is 20.7 Å². The Hall–Kier alpha value is -2.53. The minimum absolute atomic E-state index is 0.0179. The van der Waals surface area contributed by atoms with Gasteiger partial charge in [0.1, 0.15) is 11.5 Å². The summed E-state index contributed by atoms with van der Waals surface area (Å²) in [5.41, 5.74) is 5.91. The van der Waals surface area contributed by atoms with E-state index in [0.717, 1.165) is 27.8 Å². The first-order chi connectivity index (χ1) is 13.3. The lowest BCUT2D eigenvalue weighted by Gasteiger charge is -2.08. The van der Waals surface area contributed by atoms with Gasteiger partial charge in [0.25, 0.3) is 0 Å². The molecule has 0 N–H and O–H groups in total. The lowest BCUT2D eigenvalue weighted by atomic mass is 9.99. The summed E-state index contributed by atoms with van der Waals surface area (Å²) in [6, 6.07) is 13.9. The van der Waals surface area contributed by atoms with Gasteiger partial charge in [-0.3, -0.25) is 9.00 Å². The van der Waals surface area contributed by atoms with Gasteiger partial charge in [-0.2, -0.15) is 0 Å². The first kappa shape index (κ1) is 20.2. The third-order valence-electron chi connectivity index (χ3n) is 4.83. The Bertz CT molecular complexity index is 999. The molecule has 3 aromatic rings. The highest BCUT2D eigenvalue weighted by Gasteiger charge is 2.17. The molecule has 146 valence electrons. The highest BCUT2D eigenvalue weighted by molar-refractivity contribution is 7.84. The van der Waals surface area contributed by atoms with E-state index in [4.69, 9.17) is 4.42 Å². The number of hydrogen-bond donors (Lipinski definition) is 0. The van der Waals surface area contributed by atoms with Gasteiger partial charge in [-0.1, -0.05) is 35.9 Å². The number of Topliss-reactive ketones (excluding diaryl/α,β-unsaturated/α-hetero) is 1. The van der Waals surface area contributed by atoms with Crippen molar-refractivity contribution in [2.24, 2.45) is 0 Å². The Kier molecular flexibility index (Phi) is 6.25. The van der Waals surface area contributed by atoms with Gasteiger partial charge in [0.05, 0.1) is 17.2 Å². The fraction of sp³-hybridized carbons (Fsp3) is 0.304. The summed E-state index contributed by atoms with van der Waals surface area (Å²) in [5.74, 6) is 1.40. The molecule has 0 aliphatic rings. The van der Waals surface area contributed by atoms with Gasteiger partial charge < -0.3 is 4.42 Å². The summed E-state index contributed by atoms with van der Waals surface area (Å²) >= 11 is 0. The molecule has 0 amide bonds. The van der Waals surface area contributed by atoms with Crippen LogP contribution in [0.1, 0.15) is 33.7 Å². The molecule has 0 aliphatic carbocycles. The van der Waals surface area contributed by atoms with E-state index in [9.17, 15) is 9.00 Å². The van der Waals surface area contributed by atoms with Crippen molar-refractivity contribution in [1.29, 1.82) is 0 Å². The molecular weight excluding hydrogens is 370 g/mol. The van der Waals surface area contributed by atoms with Crippen LogP contribution >= 0.6 is 0 Å². The zero-order chi connectivity index (χ0) is 20.3. The molecule has 1 heterocycles. The minimum Gasteiger partial charge on any atom is -0.441 e. The maximum absolute atomic E-state index is 12.5. The van der Waals surface area contributed by atoms with Crippen LogP contribution < -0.4 is 0 Å². The molecule has 4 nitrogen and oxygen atoms in total. The maximum Gasteiger partial charge on any atom is 0.226 e. The standard InChI is InChI=1S/C23H25NO3S/c1-15-8-10-19(11-9-15)23-24-22(18(4)27-23)14-28(26)13-20(25)12-21-16(2)6-5-7-17(21)3/h5-11H,12-14H2,1-4H3. The van der Waals surface area contributed by atoms with Crippen molar-refractivity contribution in [3.63, 3.8) is 0 Å². The second-order valence-electron chi connectivity index (χ2n) is 7.20. The van der Waals surface area contributed by atoms with Gasteiger partial charge in [0.2, 0.25) is 5.89 Å². The van der Waals surface area contributed by atoms with E-state index < -0.39 is 10.8 Å². The molecule has 1 atom stereocenters. The summed E-state index contributed by atoms with van der Waals surface area (Å²) in [6.45, 7) is 7.83. The van der Waals surface area contributed by atoms with Crippen molar-refractivity contribution >= 4 is 16.6 Å². The van der Waals surface area contributed by atoms with E-state index in [1.54, 1.807) is 0 Å². The Balaban J connectivity index is 1.65. The zero-order valence-corrected chi connectivity index (χ0v) is 17.6. The number of aromatic nitrogens is 1. The van der Waals surface area contributed by atoms with E-state index in [1.165, 1.54) is 0 Å². The number of ketones is 1. The molecule has 28 heavy (non-hydrogen) atoms. The number of rotatable bonds is 7. The Labute approximate surface area is 168 Å². The van der Waals surface area contributed by atoms with Crippen LogP contribution in [0.25, 0.3) is 11.5 Å². The first-order valence-electron chi connectivity index (χ1n) is 9.28. The van der Waals surface area contributed by atoms with Crippen molar-refractivity contribution in [2.75, 3.05) is 5.75 Å². The number of hydrogen-bond acceptors (Lipinski definition) is 4. The summed E-state index contributed by atoms with van der Waals surface area (Å²) < 4.78 is 18.3. The van der Waals surface area contributed by atoms with E-state index in [-0.39, 0.29) is 17.3 Å². The molecular formula is C23H25NO3S. The fourth-order valence-corrected chi connectivity index (χ4v) is 4.28. The molecule has 0 radical (unpaired) electrons. The van der Waals surface area contributed by atoms with Crippen LogP contribution in [0, 0.1) is 27.7 Å². The molecule has 1 unspecified atom stereocenters. The predicted octanol–water partition coefficient (Wildman–Crippen LogP) is 4.64. The number of carbonyl (C=O) groups excluding carboxylic acids is 1. The van der Waals surface area contributed by atoms with Crippen LogP contribution in [0.15, 0.2) is 46.9 Å². The van der Waals surface area contributed by atoms with E-state index in [2.05, 4.69) is 4.98 Å². The number of nitrogens with zero attached hydrogens (tertiary/aromatic N) is 1. The Morgan fingerprint density at radius 1 is 1.00 bits per heavy atom. The maximum atomic E-state index is 12.5. The molecule has 1 aromatic heterocycles. The van der Waals surface area contributed by atoms with Crippen LogP contribution in [0.2, 0.25) is 0 Å². The molecule has 0 saturated carbocycles. The SMILES string of the molecule is Cc1ccc(-c2nc(CS(=O)CC(=O)Cc3c(C)cccc3C)c(C)o2)cc1. The molecule has 0 aliphatic heterocycles. The monoisotopic (exact) mass is 395 g/mol. The van der Waals surface area contributed by atoms with Gasteiger partial charge >= 0.3 is 0 Å². The third kappa shape index (κ3) is 4.84. The van der Waals surface area contributed by atoms with Crippen molar-refractivity contribution in [3.8, 4) is 11.5 Å². The Morgan fingerprint density at radius 2 is 1.64 bits per heavy atom. The van der Waals surface area contributed by atoms with E-state index in [0.29, 0.717) is 23.8 Å². The number of oxazole rings is 1. The van der Waals surface area contributed by atoms with Gasteiger partial charge in [0, 0.05) is 22.8 Å². The average molecular weight is 396 g/mol. The Morgan fingerprint density at radius 3 is 2.29 bits per heavy atom. The zero-order valence-electron chi connectivity index (χ0n) is 16.7. The van der Waals surface area contributed by atoms with Crippen LogP contribution in [0.5, 0.6) is 0 Å². The molecule has 5 heteroatoms. The van der Waals surface area contributed by atoms with Crippen LogP contribution in [-0.2, 0) is 27.8 Å². The largest absolute Gasteiger partial charge is 0.441 e. The molecule has 3 rings (SSSR count).